The number of rotatable bonds is 4. The van der Waals surface area contributed by atoms with Crippen LogP contribution in [0, 0.1) is 6.92 Å². The minimum absolute atomic E-state index is 0.532. The van der Waals surface area contributed by atoms with Crippen LogP contribution >= 0.6 is 11.8 Å². The van der Waals surface area contributed by atoms with Crippen LogP contribution in [-0.4, -0.2) is 31.6 Å². The molecule has 2 aromatic heterocycles. The number of nitrogens with zero attached hydrogens (tertiary/aromatic N) is 5. The Morgan fingerprint density at radius 3 is 2.71 bits per heavy atom. The van der Waals surface area contributed by atoms with Gasteiger partial charge in [0.05, 0.1) is 0 Å². The van der Waals surface area contributed by atoms with Crippen molar-refractivity contribution in [3.8, 4) is 5.95 Å². The predicted molar refractivity (Wildman–Crippen MR) is 81.8 cm³/mol. The topological polar surface area (TPSA) is 68.5 Å². The zero-order chi connectivity index (χ0) is 14.7. The summed E-state index contributed by atoms with van der Waals surface area (Å²) in [5, 5.41) is 3.61. The van der Waals surface area contributed by atoms with Gasteiger partial charge in [0.25, 0.3) is 0 Å². The van der Waals surface area contributed by atoms with Crippen molar-refractivity contribution in [2.45, 2.75) is 17.0 Å². The lowest BCUT2D eigenvalue weighted by Gasteiger charge is -2.08. The number of hydrogen-bond acceptors (Lipinski definition) is 6. The molecule has 0 amide bonds. The zero-order valence-corrected chi connectivity index (χ0v) is 12.5. The highest BCUT2D eigenvalue weighted by Crippen LogP contribution is 2.28. The van der Waals surface area contributed by atoms with Crippen LogP contribution in [0.4, 0.5) is 5.95 Å². The molecule has 0 saturated heterocycles. The van der Waals surface area contributed by atoms with E-state index in [4.69, 9.17) is 0 Å². The van der Waals surface area contributed by atoms with Crippen LogP contribution in [0.1, 0.15) is 5.56 Å². The molecule has 0 unspecified atom stereocenters. The lowest BCUT2D eigenvalue weighted by atomic mass is 10.2. The van der Waals surface area contributed by atoms with E-state index in [9.17, 15) is 0 Å². The molecule has 6 nitrogen and oxygen atoms in total. The highest BCUT2D eigenvalue weighted by Gasteiger charge is 2.09. The lowest BCUT2D eigenvalue weighted by molar-refractivity contribution is 0.828. The number of imidazole rings is 1. The number of benzene rings is 1. The average Bonchev–Trinajstić information content (AvgIpc) is 3.04. The van der Waals surface area contributed by atoms with Crippen LogP contribution in [0.5, 0.6) is 0 Å². The standard InChI is InChI=1S/C14H14N6S/c1-10-5-3-4-6-11(10)21-14-18-12(15-2)17-13(19-14)20-8-7-16-9-20/h3-9H,1-2H3,(H,15,17,18,19). The molecule has 0 aliphatic carbocycles. The van der Waals surface area contributed by atoms with Gasteiger partial charge in [0, 0.05) is 24.3 Å². The second-order valence-electron chi connectivity index (χ2n) is 4.33. The number of hydrogen-bond donors (Lipinski definition) is 1. The summed E-state index contributed by atoms with van der Waals surface area (Å²) >= 11 is 1.52. The van der Waals surface area contributed by atoms with Crippen molar-refractivity contribution in [1.82, 2.24) is 24.5 Å². The Balaban J connectivity index is 1.99. The van der Waals surface area contributed by atoms with E-state index in [1.54, 1.807) is 30.3 Å². The van der Waals surface area contributed by atoms with Crippen LogP contribution in [0.3, 0.4) is 0 Å². The van der Waals surface area contributed by atoms with Crippen molar-refractivity contribution in [3.63, 3.8) is 0 Å². The van der Waals surface area contributed by atoms with Gasteiger partial charge in [-0.3, -0.25) is 4.57 Å². The second kappa shape index (κ2) is 5.92. The van der Waals surface area contributed by atoms with Gasteiger partial charge >= 0.3 is 0 Å². The van der Waals surface area contributed by atoms with Gasteiger partial charge in [0.15, 0.2) is 5.16 Å². The van der Waals surface area contributed by atoms with Gasteiger partial charge in [-0.25, -0.2) is 4.98 Å². The first kappa shape index (κ1) is 13.6. The molecule has 7 heteroatoms. The third-order valence-electron chi connectivity index (χ3n) is 2.86. The Labute approximate surface area is 126 Å². The van der Waals surface area contributed by atoms with Gasteiger partial charge in [0.2, 0.25) is 11.9 Å². The molecule has 0 radical (unpaired) electrons. The number of anilines is 1. The first-order valence-corrected chi connectivity index (χ1v) is 7.23. The number of aryl methyl sites for hydroxylation is 1. The molecule has 0 aliphatic heterocycles. The largest absolute Gasteiger partial charge is 0.357 e. The molecule has 0 bridgehead atoms. The Morgan fingerprint density at radius 1 is 1.14 bits per heavy atom. The monoisotopic (exact) mass is 298 g/mol. The van der Waals surface area contributed by atoms with Crippen LogP contribution in [-0.2, 0) is 0 Å². The van der Waals surface area contributed by atoms with Gasteiger partial charge in [0.1, 0.15) is 6.33 Å². The van der Waals surface area contributed by atoms with Gasteiger partial charge in [-0.15, -0.1) is 0 Å². The Bertz CT molecular complexity index is 741. The fraction of sp³-hybridized carbons (Fsp3) is 0.143. The summed E-state index contributed by atoms with van der Waals surface area (Å²) in [6, 6.07) is 8.15. The van der Waals surface area contributed by atoms with E-state index in [2.05, 4.69) is 44.3 Å². The third kappa shape index (κ3) is 3.03. The molecule has 1 N–H and O–H groups in total. The van der Waals surface area contributed by atoms with Gasteiger partial charge in [-0.05, 0) is 30.3 Å². The molecule has 0 saturated carbocycles. The normalized spacial score (nSPS) is 10.6. The zero-order valence-electron chi connectivity index (χ0n) is 11.7. The molecule has 1 aromatic carbocycles. The summed E-state index contributed by atoms with van der Waals surface area (Å²) in [5.74, 6) is 1.08. The summed E-state index contributed by atoms with van der Waals surface area (Å²) in [6.07, 6.45) is 5.16. The number of nitrogens with one attached hydrogen (secondary N) is 1. The quantitative estimate of drug-likeness (QED) is 0.798. The Hall–Kier alpha value is -2.41. The predicted octanol–water partition coefficient (Wildman–Crippen LogP) is 2.56. The maximum Gasteiger partial charge on any atom is 0.240 e. The van der Waals surface area contributed by atoms with Crippen molar-refractivity contribution >= 4 is 17.7 Å². The summed E-state index contributed by atoms with van der Waals surface area (Å²) in [4.78, 5) is 18.4. The maximum absolute atomic E-state index is 4.48. The highest BCUT2D eigenvalue weighted by atomic mass is 32.2. The summed E-state index contributed by atoms with van der Waals surface area (Å²) in [6.45, 7) is 2.07. The van der Waals surface area contributed by atoms with Crippen molar-refractivity contribution in [2.24, 2.45) is 0 Å². The molecule has 0 spiro atoms. The maximum atomic E-state index is 4.48. The Morgan fingerprint density at radius 2 is 2.00 bits per heavy atom. The van der Waals surface area contributed by atoms with Crippen molar-refractivity contribution < 1.29 is 0 Å². The van der Waals surface area contributed by atoms with E-state index in [1.165, 1.54) is 17.3 Å². The minimum atomic E-state index is 0.532. The summed E-state index contributed by atoms with van der Waals surface area (Å²) < 4.78 is 1.75. The summed E-state index contributed by atoms with van der Waals surface area (Å²) in [7, 11) is 1.79. The van der Waals surface area contributed by atoms with E-state index in [0.29, 0.717) is 17.1 Å². The average molecular weight is 298 g/mol. The molecular formula is C14H14N6S. The minimum Gasteiger partial charge on any atom is -0.357 e. The summed E-state index contributed by atoms with van der Waals surface area (Å²) in [5.41, 5.74) is 1.19. The van der Waals surface area contributed by atoms with E-state index in [1.807, 2.05) is 12.1 Å². The van der Waals surface area contributed by atoms with Crippen LogP contribution in [0.15, 0.2) is 53.0 Å². The first-order chi connectivity index (χ1) is 10.3. The molecular weight excluding hydrogens is 284 g/mol. The molecule has 3 rings (SSSR count). The van der Waals surface area contributed by atoms with E-state index in [0.717, 1.165) is 4.90 Å². The fourth-order valence-electron chi connectivity index (χ4n) is 1.77. The van der Waals surface area contributed by atoms with Crippen molar-refractivity contribution in [1.29, 1.82) is 0 Å². The van der Waals surface area contributed by atoms with Gasteiger partial charge < -0.3 is 5.32 Å². The highest BCUT2D eigenvalue weighted by molar-refractivity contribution is 7.99. The Kier molecular flexibility index (Phi) is 3.83. The molecule has 2 heterocycles. The molecule has 21 heavy (non-hydrogen) atoms. The van der Waals surface area contributed by atoms with E-state index >= 15 is 0 Å². The van der Waals surface area contributed by atoms with E-state index in [-0.39, 0.29) is 0 Å². The van der Waals surface area contributed by atoms with E-state index < -0.39 is 0 Å². The molecule has 106 valence electrons. The van der Waals surface area contributed by atoms with Gasteiger partial charge in [-0.1, -0.05) is 18.2 Å². The van der Waals surface area contributed by atoms with Crippen LogP contribution in [0.25, 0.3) is 5.95 Å². The third-order valence-corrected chi connectivity index (χ3v) is 3.90. The molecule has 0 fully saturated rings. The second-order valence-corrected chi connectivity index (χ2v) is 5.34. The number of aromatic nitrogens is 5. The smallest absolute Gasteiger partial charge is 0.240 e. The molecule has 0 aliphatic rings. The fourth-order valence-corrected chi connectivity index (χ4v) is 2.60. The SMILES string of the molecule is CNc1nc(Sc2ccccc2C)nc(-n2ccnc2)n1. The first-order valence-electron chi connectivity index (χ1n) is 6.42. The molecule has 0 atom stereocenters. The van der Waals surface area contributed by atoms with Crippen LogP contribution in [0.2, 0.25) is 0 Å². The van der Waals surface area contributed by atoms with Crippen molar-refractivity contribution in [2.75, 3.05) is 12.4 Å². The molecule has 3 aromatic rings. The van der Waals surface area contributed by atoms with Crippen LogP contribution < -0.4 is 5.32 Å². The van der Waals surface area contributed by atoms with Crippen molar-refractivity contribution in [3.05, 3.63) is 48.5 Å². The lowest BCUT2D eigenvalue weighted by Crippen LogP contribution is -2.06. The van der Waals surface area contributed by atoms with Gasteiger partial charge in [-0.2, -0.15) is 15.0 Å².